The van der Waals surface area contributed by atoms with Crippen LogP contribution in [-0.4, -0.2) is 54.1 Å². The van der Waals surface area contributed by atoms with E-state index in [2.05, 4.69) is 0 Å². The number of ketones is 1. The Balaban J connectivity index is 1.89. The molecule has 1 heterocycles. The van der Waals surface area contributed by atoms with Gasteiger partial charge in [0.25, 0.3) is 11.7 Å². The van der Waals surface area contributed by atoms with Gasteiger partial charge in [-0.05, 0) is 41.5 Å². The summed E-state index contributed by atoms with van der Waals surface area (Å²) in [4.78, 5) is 39.3. The van der Waals surface area contributed by atoms with Crippen LogP contribution in [0.15, 0.2) is 66.2 Å². The third kappa shape index (κ3) is 4.88. The lowest BCUT2D eigenvalue weighted by atomic mass is 9.94. The van der Waals surface area contributed by atoms with E-state index in [9.17, 15) is 24.6 Å². The summed E-state index contributed by atoms with van der Waals surface area (Å²) in [7, 11) is 4.31. The second-order valence-corrected chi connectivity index (χ2v) is 8.80. The molecule has 3 aromatic rings. The summed E-state index contributed by atoms with van der Waals surface area (Å²) in [5, 5.41) is 20.8. The number of carboxylic acid groups (broad SMARTS) is 1. The van der Waals surface area contributed by atoms with Gasteiger partial charge in [0.15, 0.2) is 0 Å². The van der Waals surface area contributed by atoms with E-state index in [1.165, 1.54) is 50.5 Å². The fraction of sp³-hybridized carbons (Fsp3) is 0.179. The van der Waals surface area contributed by atoms with Crippen molar-refractivity contribution in [3.63, 3.8) is 0 Å². The van der Waals surface area contributed by atoms with Crippen molar-refractivity contribution in [2.24, 2.45) is 0 Å². The van der Waals surface area contributed by atoms with E-state index in [-0.39, 0.29) is 34.0 Å². The lowest BCUT2D eigenvalue weighted by Gasteiger charge is -2.26. The molecule has 196 valence electrons. The number of hydrogen-bond donors (Lipinski definition) is 2. The summed E-state index contributed by atoms with van der Waals surface area (Å²) in [5.74, 6) is -2.31. The van der Waals surface area contributed by atoms with Gasteiger partial charge in [-0.25, -0.2) is 4.79 Å². The van der Waals surface area contributed by atoms with Gasteiger partial charge in [0.1, 0.15) is 23.0 Å². The molecule has 1 aliphatic rings. The number of ether oxygens (including phenoxy) is 3. The Kier molecular flexibility index (Phi) is 7.59. The molecule has 1 atom stereocenters. The standard InChI is InChI=1S/C28H24ClNO8/c1-36-18-6-4-5-17(11-18)24-23(25(31)19-12-20(29)22(38-3)13-21(19)37-2)26(32)27(33)30(24)14-15-7-9-16(10-8-15)28(34)35/h4-13,24,31H,14H2,1-3H3,(H,34,35)/b25-23+. The van der Waals surface area contributed by atoms with Crippen LogP contribution >= 0.6 is 11.6 Å². The van der Waals surface area contributed by atoms with Crippen molar-refractivity contribution in [2.45, 2.75) is 12.6 Å². The molecule has 10 heteroatoms. The Labute approximate surface area is 223 Å². The molecule has 1 fully saturated rings. The number of carboxylic acids is 1. The molecule has 1 aliphatic heterocycles. The number of aromatic carboxylic acids is 1. The Morgan fingerprint density at radius 2 is 1.61 bits per heavy atom. The molecule has 0 aromatic heterocycles. The van der Waals surface area contributed by atoms with Gasteiger partial charge in [-0.3, -0.25) is 9.59 Å². The molecule has 2 N–H and O–H groups in total. The van der Waals surface area contributed by atoms with E-state index in [0.29, 0.717) is 22.6 Å². The molecule has 9 nitrogen and oxygen atoms in total. The second kappa shape index (κ2) is 10.9. The number of benzene rings is 3. The predicted molar refractivity (Wildman–Crippen MR) is 139 cm³/mol. The zero-order valence-electron chi connectivity index (χ0n) is 20.7. The quantitative estimate of drug-likeness (QED) is 0.241. The van der Waals surface area contributed by atoms with Crippen LogP contribution in [-0.2, 0) is 16.1 Å². The predicted octanol–water partition coefficient (Wildman–Crippen LogP) is 4.69. The smallest absolute Gasteiger partial charge is 0.335 e. The van der Waals surface area contributed by atoms with E-state index in [4.69, 9.17) is 25.8 Å². The topological polar surface area (TPSA) is 123 Å². The number of aliphatic hydroxyl groups excluding tert-OH is 1. The maximum atomic E-state index is 13.4. The van der Waals surface area contributed by atoms with Crippen molar-refractivity contribution in [1.82, 2.24) is 4.90 Å². The lowest BCUT2D eigenvalue weighted by Crippen LogP contribution is -2.29. The maximum absolute atomic E-state index is 13.4. The summed E-state index contributed by atoms with van der Waals surface area (Å²) in [6.45, 7) is -0.0242. The molecule has 3 aromatic carbocycles. The Bertz CT molecular complexity index is 1450. The van der Waals surface area contributed by atoms with Gasteiger partial charge in [-0.1, -0.05) is 35.9 Å². The van der Waals surface area contributed by atoms with Crippen LogP contribution in [0.4, 0.5) is 0 Å². The van der Waals surface area contributed by atoms with Gasteiger partial charge in [-0.2, -0.15) is 0 Å². The van der Waals surface area contributed by atoms with Gasteiger partial charge in [0.05, 0.1) is 49.1 Å². The number of carbonyl (C=O) groups is 3. The van der Waals surface area contributed by atoms with E-state index in [1.54, 1.807) is 36.4 Å². The largest absolute Gasteiger partial charge is 0.507 e. The van der Waals surface area contributed by atoms with Crippen molar-refractivity contribution < 1.29 is 38.8 Å². The number of carbonyl (C=O) groups excluding carboxylic acids is 2. The molecule has 1 amide bonds. The summed E-state index contributed by atoms with van der Waals surface area (Å²) in [6, 6.07) is 14.6. The number of methoxy groups -OCH3 is 3. The first-order valence-electron chi connectivity index (χ1n) is 11.4. The van der Waals surface area contributed by atoms with Gasteiger partial charge in [0.2, 0.25) is 0 Å². The van der Waals surface area contributed by atoms with Gasteiger partial charge >= 0.3 is 5.97 Å². The number of Topliss-reactive ketones (excluding diaryl/α,β-unsaturated/α-hetero) is 1. The van der Waals surface area contributed by atoms with E-state index in [0.717, 1.165) is 0 Å². The fourth-order valence-corrected chi connectivity index (χ4v) is 4.58. The van der Waals surface area contributed by atoms with Gasteiger partial charge < -0.3 is 29.3 Å². The molecule has 0 spiro atoms. The molecule has 0 bridgehead atoms. The van der Waals surface area contributed by atoms with Gasteiger partial charge in [-0.15, -0.1) is 0 Å². The van der Waals surface area contributed by atoms with Crippen LogP contribution in [0, 0.1) is 0 Å². The number of aliphatic hydroxyl groups is 1. The monoisotopic (exact) mass is 537 g/mol. The van der Waals surface area contributed by atoms with Crippen molar-refractivity contribution in [2.75, 3.05) is 21.3 Å². The Morgan fingerprint density at radius 3 is 2.21 bits per heavy atom. The van der Waals surface area contributed by atoms with E-state index in [1.807, 2.05) is 0 Å². The Hall–Kier alpha value is -4.50. The zero-order chi connectivity index (χ0) is 27.6. The van der Waals surface area contributed by atoms with Crippen molar-refractivity contribution in [1.29, 1.82) is 0 Å². The maximum Gasteiger partial charge on any atom is 0.335 e. The number of nitrogens with zero attached hydrogens (tertiary/aromatic N) is 1. The van der Waals surface area contributed by atoms with Crippen LogP contribution in [0.25, 0.3) is 5.76 Å². The van der Waals surface area contributed by atoms with Gasteiger partial charge in [0, 0.05) is 12.6 Å². The molecular weight excluding hydrogens is 514 g/mol. The number of rotatable bonds is 8. The minimum absolute atomic E-state index is 0.0242. The van der Waals surface area contributed by atoms with Crippen molar-refractivity contribution in [3.8, 4) is 17.2 Å². The van der Waals surface area contributed by atoms with E-state index < -0.39 is 29.5 Å². The normalized spacial score (nSPS) is 16.4. The van der Waals surface area contributed by atoms with Crippen molar-refractivity contribution in [3.05, 3.63) is 93.5 Å². The molecule has 4 rings (SSSR count). The molecule has 0 saturated carbocycles. The minimum Gasteiger partial charge on any atom is -0.507 e. The number of likely N-dealkylation sites (tertiary alicyclic amines) is 1. The average molecular weight is 538 g/mol. The average Bonchev–Trinajstić information content (AvgIpc) is 3.17. The first-order chi connectivity index (χ1) is 18.2. The summed E-state index contributed by atoms with van der Waals surface area (Å²) in [6.07, 6.45) is 0. The number of amides is 1. The van der Waals surface area contributed by atoms with Crippen LogP contribution in [0.1, 0.15) is 33.1 Å². The third-order valence-electron chi connectivity index (χ3n) is 6.23. The first kappa shape index (κ1) is 26.6. The molecule has 1 saturated heterocycles. The lowest BCUT2D eigenvalue weighted by molar-refractivity contribution is -0.140. The molecule has 38 heavy (non-hydrogen) atoms. The van der Waals surface area contributed by atoms with E-state index >= 15 is 0 Å². The van der Waals surface area contributed by atoms with Crippen molar-refractivity contribution >= 4 is 35.0 Å². The summed E-state index contributed by atoms with van der Waals surface area (Å²) >= 11 is 6.30. The molecule has 1 unspecified atom stereocenters. The highest BCUT2D eigenvalue weighted by molar-refractivity contribution is 6.46. The molecule has 0 aliphatic carbocycles. The zero-order valence-corrected chi connectivity index (χ0v) is 21.5. The number of hydrogen-bond acceptors (Lipinski definition) is 7. The minimum atomic E-state index is -1.08. The fourth-order valence-electron chi connectivity index (χ4n) is 4.34. The summed E-state index contributed by atoms with van der Waals surface area (Å²) < 4.78 is 16.0. The highest BCUT2D eigenvalue weighted by atomic mass is 35.5. The highest BCUT2D eigenvalue weighted by Gasteiger charge is 2.46. The SMILES string of the molecule is COc1cccc(C2/C(=C(\O)c3cc(Cl)c(OC)cc3OC)C(=O)C(=O)N2Cc2ccc(C(=O)O)cc2)c1. The highest BCUT2D eigenvalue weighted by Crippen LogP contribution is 2.44. The molecular formula is C28H24ClNO8. The Morgan fingerprint density at radius 1 is 0.921 bits per heavy atom. The van der Waals surface area contributed by atoms with Crippen LogP contribution < -0.4 is 14.2 Å². The van der Waals surface area contributed by atoms with Crippen LogP contribution in [0.2, 0.25) is 5.02 Å². The summed E-state index contributed by atoms with van der Waals surface area (Å²) in [5.41, 5.74) is 1.14. The third-order valence-corrected chi connectivity index (χ3v) is 6.53. The first-order valence-corrected chi connectivity index (χ1v) is 11.7. The molecule has 0 radical (unpaired) electrons. The van der Waals surface area contributed by atoms with Crippen LogP contribution in [0.3, 0.4) is 0 Å². The van der Waals surface area contributed by atoms with Crippen LogP contribution in [0.5, 0.6) is 17.2 Å². The number of halogens is 1. The second-order valence-electron chi connectivity index (χ2n) is 8.39.